The first-order valence-electron chi connectivity index (χ1n) is 8.91. The standard InChI is InChI=1S/C19H28N4O2/c1-5-16(13-24)22(12-15-9-7-8-10-20-15)19(25)18-11-17(14(3)4)21-23(18)6-2/h7-11,14,16,24H,5-6,12-13H2,1-4H3/t16-/m0/s1. The van der Waals surface area contributed by atoms with Gasteiger partial charge in [0.05, 0.1) is 30.6 Å². The SMILES string of the molecule is CC[C@@H](CO)N(Cc1ccccn1)C(=O)c1cc(C(C)C)nn1CC. The number of aryl methyl sites for hydroxylation is 1. The van der Waals surface area contributed by atoms with E-state index in [2.05, 4.69) is 23.9 Å². The van der Waals surface area contributed by atoms with Gasteiger partial charge in [-0.3, -0.25) is 14.5 Å². The molecule has 0 bridgehead atoms. The van der Waals surface area contributed by atoms with Gasteiger partial charge in [0.1, 0.15) is 5.69 Å². The summed E-state index contributed by atoms with van der Waals surface area (Å²) in [5, 5.41) is 14.3. The molecule has 2 rings (SSSR count). The second kappa shape index (κ2) is 8.76. The lowest BCUT2D eigenvalue weighted by atomic mass is 10.1. The van der Waals surface area contributed by atoms with Crippen LogP contribution < -0.4 is 0 Å². The van der Waals surface area contributed by atoms with E-state index in [1.165, 1.54) is 0 Å². The van der Waals surface area contributed by atoms with Crippen molar-refractivity contribution in [3.63, 3.8) is 0 Å². The molecule has 1 amide bonds. The van der Waals surface area contributed by atoms with Crippen LogP contribution in [0.5, 0.6) is 0 Å². The molecule has 0 saturated heterocycles. The highest BCUT2D eigenvalue weighted by Gasteiger charge is 2.27. The van der Waals surface area contributed by atoms with Gasteiger partial charge < -0.3 is 10.0 Å². The number of aliphatic hydroxyl groups is 1. The molecule has 0 spiro atoms. The van der Waals surface area contributed by atoms with Gasteiger partial charge in [-0.2, -0.15) is 5.10 Å². The fourth-order valence-corrected chi connectivity index (χ4v) is 2.76. The zero-order chi connectivity index (χ0) is 18.4. The monoisotopic (exact) mass is 344 g/mol. The summed E-state index contributed by atoms with van der Waals surface area (Å²) in [5.74, 6) is 0.135. The lowest BCUT2D eigenvalue weighted by molar-refractivity contribution is 0.0548. The number of hydrogen-bond donors (Lipinski definition) is 1. The summed E-state index contributed by atoms with van der Waals surface area (Å²) in [5.41, 5.74) is 2.27. The third-order valence-corrected chi connectivity index (χ3v) is 4.35. The van der Waals surface area contributed by atoms with Gasteiger partial charge in [0.15, 0.2) is 0 Å². The van der Waals surface area contributed by atoms with E-state index >= 15 is 0 Å². The van der Waals surface area contributed by atoms with Crippen molar-refractivity contribution >= 4 is 5.91 Å². The second-order valence-corrected chi connectivity index (χ2v) is 6.42. The Morgan fingerprint density at radius 1 is 1.32 bits per heavy atom. The Kier molecular flexibility index (Phi) is 6.70. The molecule has 1 atom stereocenters. The quantitative estimate of drug-likeness (QED) is 0.799. The summed E-state index contributed by atoms with van der Waals surface area (Å²) in [4.78, 5) is 19.3. The minimum Gasteiger partial charge on any atom is -0.394 e. The highest BCUT2D eigenvalue weighted by molar-refractivity contribution is 5.93. The molecule has 25 heavy (non-hydrogen) atoms. The average Bonchev–Trinajstić information content (AvgIpc) is 3.07. The van der Waals surface area contributed by atoms with Crippen LogP contribution in [0.2, 0.25) is 0 Å². The van der Waals surface area contributed by atoms with Crippen LogP contribution >= 0.6 is 0 Å². The van der Waals surface area contributed by atoms with E-state index in [4.69, 9.17) is 0 Å². The summed E-state index contributed by atoms with van der Waals surface area (Å²) < 4.78 is 1.74. The van der Waals surface area contributed by atoms with E-state index in [0.717, 1.165) is 11.4 Å². The Hall–Kier alpha value is -2.21. The number of carbonyl (C=O) groups excluding carboxylic acids is 1. The summed E-state index contributed by atoms with van der Waals surface area (Å²) in [6.07, 6.45) is 2.39. The van der Waals surface area contributed by atoms with Crippen LogP contribution in [0.1, 0.15) is 61.9 Å². The molecule has 0 aliphatic rings. The van der Waals surface area contributed by atoms with E-state index in [-0.39, 0.29) is 24.5 Å². The smallest absolute Gasteiger partial charge is 0.272 e. The fraction of sp³-hybridized carbons (Fsp3) is 0.526. The van der Waals surface area contributed by atoms with Crippen molar-refractivity contribution in [3.05, 3.63) is 47.5 Å². The molecule has 2 aromatic rings. The van der Waals surface area contributed by atoms with Crippen LogP contribution in [-0.4, -0.2) is 43.3 Å². The number of hydrogen-bond acceptors (Lipinski definition) is 4. The minimum absolute atomic E-state index is 0.0770. The molecular weight excluding hydrogens is 316 g/mol. The van der Waals surface area contributed by atoms with Crippen molar-refractivity contribution in [2.75, 3.05) is 6.61 Å². The molecule has 0 fully saturated rings. The maximum absolute atomic E-state index is 13.3. The summed E-state index contributed by atoms with van der Waals surface area (Å²) in [7, 11) is 0. The van der Waals surface area contributed by atoms with Gasteiger partial charge in [-0.25, -0.2) is 0 Å². The van der Waals surface area contributed by atoms with E-state index in [1.807, 2.05) is 38.1 Å². The van der Waals surface area contributed by atoms with Crippen molar-refractivity contribution in [2.24, 2.45) is 0 Å². The Morgan fingerprint density at radius 2 is 2.08 bits per heavy atom. The van der Waals surface area contributed by atoms with Crippen molar-refractivity contribution in [3.8, 4) is 0 Å². The molecule has 0 aliphatic heterocycles. The zero-order valence-electron chi connectivity index (χ0n) is 15.5. The highest BCUT2D eigenvalue weighted by atomic mass is 16.3. The molecule has 2 aromatic heterocycles. The highest BCUT2D eigenvalue weighted by Crippen LogP contribution is 2.19. The van der Waals surface area contributed by atoms with Crippen LogP contribution in [0.3, 0.4) is 0 Å². The lowest BCUT2D eigenvalue weighted by Gasteiger charge is -2.29. The molecule has 0 aliphatic carbocycles. The molecule has 136 valence electrons. The maximum Gasteiger partial charge on any atom is 0.272 e. The minimum atomic E-state index is -0.253. The Balaban J connectivity index is 2.37. The van der Waals surface area contributed by atoms with Gasteiger partial charge in [-0.15, -0.1) is 0 Å². The number of nitrogens with zero attached hydrogens (tertiary/aromatic N) is 4. The maximum atomic E-state index is 13.3. The van der Waals surface area contributed by atoms with Gasteiger partial charge in [0, 0.05) is 12.7 Å². The average molecular weight is 344 g/mol. The second-order valence-electron chi connectivity index (χ2n) is 6.42. The van der Waals surface area contributed by atoms with E-state index in [1.54, 1.807) is 15.8 Å². The van der Waals surface area contributed by atoms with Crippen molar-refractivity contribution in [1.29, 1.82) is 0 Å². The third-order valence-electron chi connectivity index (χ3n) is 4.35. The van der Waals surface area contributed by atoms with Crippen LogP contribution in [0.25, 0.3) is 0 Å². The molecule has 0 aromatic carbocycles. The predicted molar refractivity (Wildman–Crippen MR) is 97.3 cm³/mol. The van der Waals surface area contributed by atoms with E-state index in [9.17, 15) is 9.90 Å². The third kappa shape index (κ3) is 4.45. The topological polar surface area (TPSA) is 71.2 Å². The number of carbonyl (C=O) groups is 1. The molecule has 0 radical (unpaired) electrons. The number of rotatable bonds is 8. The molecule has 6 heteroatoms. The zero-order valence-corrected chi connectivity index (χ0v) is 15.5. The number of pyridine rings is 1. The van der Waals surface area contributed by atoms with Crippen LogP contribution in [-0.2, 0) is 13.1 Å². The van der Waals surface area contributed by atoms with Crippen molar-refractivity contribution in [1.82, 2.24) is 19.7 Å². The van der Waals surface area contributed by atoms with E-state index in [0.29, 0.717) is 25.2 Å². The number of aliphatic hydroxyl groups excluding tert-OH is 1. The van der Waals surface area contributed by atoms with Crippen molar-refractivity contribution < 1.29 is 9.90 Å². The van der Waals surface area contributed by atoms with Gasteiger partial charge in [0.25, 0.3) is 5.91 Å². The van der Waals surface area contributed by atoms with E-state index < -0.39 is 0 Å². The summed E-state index contributed by atoms with van der Waals surface area (Å²) in [6, 6.07) is 7.25. The Morgan fingerprint density at radius 3 is 2.60 bits per heavy atom. The van der Waals surface area contributed by atoms with Crippen LogP contribution in [0.15, 0.2) is 30.5 Å². The molecule has 2 heterocycles. The Bertz CT molecular complexity index is 678. The predicted octanol–water partition coefficient (Wildman–Crippen LogP) is 2.83. The van der Waals surface area contributed by atoms with Crippen LogP contribution in [0, 0.1) is 0 Å². The molecular formula is C19H28N4O2. The first kappa shape index (κ1) is 19.1. The first-order valence-corrected chi connectivity index (χ1v) is 8.91. The normalized spacial score (nSPS) is 12.4. The lowest BCUT2D eigenvalue weighted by Crippen LogP contribution is -2.42. The Labute approximate surface area is 149 Å². The fourth-order valence-electron chi connectivity index (χ4n) is 2.76. The molecule has 0 saturated carbocycles. The number of amides is 1. The van der Waals surface area contributed by atoms with Gasteiger partial charge in [0.2, 0.25) is 0 Å². The van der Waals surface area contributed by atoms with Crippen LogP contribution in [0.4, 0.5) is 0 Å². The molecule has 1 N–H and O–H groups in total. The number of aromatic nitrogens is 3. The molecule has 6 nitrogen and oxygen atoms in total. The van der Waals surface area contributed by atoms with Gasteiger partial charge in [-0.05, 0) is 37.5 Å². The summed E-state index contributed by atoms with van der Waals surface area (Å²) >= 11 is 0. The first-order chi connectivity index (χ1) is 12.0. The summed E-state index contributed by atoms with van der Waals surface area (Å²) in [6.45, 7) is 8.98. The largest absolute Gasteiger partial charge is 0.394 e. The van der Waals surface area contributed by atoms with Gasteiger partial charge >= 0.3 is 0 Å². The molecule has 0 unspecified atom stereocenters. The van der Waals surface area contributed by atoms with Crippen molar-refractivity contribution in [2.45, 2.75) is 59.2 Å². The van der Waals surface area contributed by atoms with Gasteiger partial charge in [-0.1, -0.05) is 26.8 Å².